The normalized spacial score (nSPS) is 27.8. The Morgan fingerprint density at radius 1 is 1.47 bits per heavy atom. The van der Waals surface area contributed by atoms with Gasteiger partial charge in [-0.2, -0.15) is 0 Å². The average Bonchev–Trinajstić information content (AvgIpc) is 2.29. The molecule has 0 heterocycles. The molecule has 1 saturated carbocycles. The summed E-state index contributed by atoms with van der Waals surface area (Å²) in [5.41, 5.74) is -0.273. The number of ether oxygens (including phenoxy) is 1. The predicted molar refractivity (Wildman–Crippen MR) is 93.8 cm³/mol. The molecular formula is C14H25I2O2Sm. The standard InChI is InChI=1S/C14H25O2.2HI.Sm/c1-13(2,3)12-7-5-8-14(15,11-12)9-6-10-16-4;;;/h10,12,15H,5,7-9,11H2,1-4H3;2*1H;/q;;;+2/p-2. The Morgan fingerprint density at radius 2 is 2.05 bits per heavy atom. The van der Waals surface area contributed by atoms with Crippen LogP contribution in [0.3, 0.4) is 0 Å². The Balaban J connectivity index is 0.000000982. The molecule has 113 valence electrons. The number of aliphatic hydroxyl groups is 1. The van der Waals surface area contributed by atoms with E-state index in [-0.39, 0.29) is 25.5 Å². The minimum absolute atomic E-state index is 0.190. The molecule has 0 amide bonds. The minimum atomic E-state index is -0.564. The van der Waals surface area contributed by atoms with Crippen molar-refractivity contribution in [1.82, 2.24) is 0 Å². The number of methoxy groups -OCH3 is 1. The van der Waals surface area contributed by atoms with Gasteiger partial charge in [-0.3, -0.25) is 0 Å². The summed E-state index contributed by atoms with van der Waals surface area (Å²) >= 11 is 5.07. The SMILES string of the molecule is COC=[C]CC1(O)CCCC(C(C)(C)C)C1.[I][Sm][I]. The first-order valence-corrected chi connectivity index (χ1v) is 21.5. The monoisotopic (exact) mass is 631 g/mol. The summed E-state index contributed by atoms with van der Waals surface area (Å²) in [6.45, 7) is 6.79. The van der Waals surface area contributed by atoms with Crippen LogP contribution >= 0.6 is 28.6 Å². The van der Waals surface area contributed by atoms with E-state index >= 15 is 0 Å². The number of hydrogen-bond donors (Lipinski definition) is 1. The Morgan fingerprint density at radius 3 is 2.53 bits per heavy atom. The van der Waals surface area contributed by atoms with Crippen molar-refractivity contribution in [3.8, 4) is 0 Å². The Labute approximate surface area is 150 Å². The van der Waals surface area contributed by atoms with Gasteiger partial charge in [0, 0.05) is 6.42 Å². The van der Waals surface area contributed by atoms with E-state index in [2.05, 4.69) is 55.4 Å². The maximum absolute atomic E-state index is 10.5. The van der Waals surface area contributed by atoms with Gasteiger partial charge in [0.25, 0.3) is 0 Å². The maximum atomic E-state index is 10.5. The van der Waals surface area contributed by atoms with Crippen molar-refractivity contribution in [2.24, 2.45) is 11.3 Å². The summed E-state index contributed by atoms with van der Waals surface area (Å²) < 4.78 is 4.82. The molecule has 1 aliphatic rings. The fraction of sp³-hybridized carbons (Fsp3) is 0.857. The van der Waals surface area contributed by atoms with Gasteiger partial charge in [0.1, 0.15) is 0 Å². The third-order valence-corrected chi connectivity index (χ3v) is 3.68. The summed E-state index contributed by atoms with van der Waals surface area (Å²) in [4.78, 5) is 0. The second kappa shape index (κ2) is 10.9. The van der Waals surface area contributed by atoms with Gasteiger partial charge in [0.15, 0.2) is 0 Å². The second-order valence-corrected chi connectivity index (χ2v) is 25.6. The molecule has 5 heteroatoms. The molecule has 0 aromatic rings. The topological polar surface area (TPSA) is 29.5 Å². The van der Waals surface area contributed by atoms with E-state index in [1.807, 2.05) is 0 Å². The van der Waals surface area contributed by atoms with Crippen LogP contribution < -0.4 is 0 Å². The Kier molecular flexibility index (Phi) is 12.3. The first-order valence-electron chi connectivity index (χ1n) is 6.48. The van der Waals surface area contributed by atoms with Gasteiger partial charge in [-0.05, 0) is 36.7 Å². The van der Waals surface area contributed by atoms with Crippen LogP contribution in [-0.4, -0.2) is 17.8 Å². The van der Waals surface area contributed by atoms with Crippen molar-refractivity contribution in [2.45, 2.75) is 58.5 Å². The zero-order valence-electron chi connectivity index (χ0n) is 12.2. The van der Waals surface area contributed by atoms with Crippen LogP contribution in [0.15, 0.2) is 6.26 Å². The number of rotatable bonds is 3. The van der Waals surface area contributed by atoms with Gasteiger partial charge in [0.05, 0.1) is 19.0 Å². The summed E-state index contributed by atoms with van der Waals surface area (Å²) in [5.74, 6) is 0.607. The number of halogens is 2. The van der Waals surface area contributed by atoms with E-state index in [9.17, 15) is 5.11 Å². The van der Waals surface area contributed by atoms with Crippen LogP contribution in [0.1, 0.15) is 52.9 Å². The predicted octanol–water partition coefficient (Wildman–Crippen LogP) is 5.08. The van der Waals surface area contributed by atoms with Gasteiger partial charge in [-0.15, -0.1) is 0 Å². The first-order chi connectivity index (χ1) is 8.79. The average molecular weight is 630 g/mol. The molecule has 0 bridgehead atoms. The van der Waals surface area contributed by atoms with Crippen LogP contribution in [0.4, 0.5) is 0 Å². The molecule has 19 heavy (non-hydrogen) atoms. The Bertz CT molecular complexity index is 267. The van der Waals surface area contributed by atoms with Crippen LogP contribution in [0.25, 0.3) is 0 Å². The number of hydrogen-bond acceptors (Lipinski definition) is 2. The van der Waals surface area contributed by atoms with E-state index in [1.165, 1.54) is 6.42 Å². The molecule has 1 fully saturated rings. The molecule has 1 rings (SSSR count). The summed E-state index contributed by atoms with van der Waals surface area (Å²) in [5, 5.41) is 10.5. The molecule has 2 nitrogen and oxygen atoms in total. The third-order valence-electron chi connectivity index (χ3n) is 3.68. The van der Waals surface area contributed by atoms with Crippen LogP contribution in [0, 0.1) is 42.9 Å². The molecular weight excluding hydrogens is 604 g/mol. The molecule has 2 atom stereocenters. The van der Waals surface area contributed by atoms with Crippen LogP contribution in [0.5, 0.6) is 0 Å². The Hall–Kier alpha value is 2.30. The fourth-order valence-electron chi connectivity index (χ4n) is 2.56. The zero-order chi connectivity index (χ0) is 14.9. The van der Waals surface area contributed by atoms with Crippen LogP contribution in [0.2, 0.25) is 0 Å². The van der Waals surface area contributed by atoms with E-state index < -0.39 is 5.60 Å². The van der Waals surface area contributed by atoms with Crippen molar-refractivity contribution in [3.05, 3.63) is 12.3 Å². The van der Waals surface area contributed by atoms with Crippen molar-refractivity contribution < 1.29 is 35.3 Å². The molecule has 0 spiro atoms. The van der Waals surface area contributed by atoms with E-state index in [0.717, 1.165) is 19.3 Å². The quantitative estimate of drug-likeness (QED) is 0.349. The first kappa shape index (κ1) is 21.3. The van der Waals surface area contributed by atoms with Gasteiger partial charge >= 0.3 is 54.0 Å². The van der Waals surface area contributed by atoms with Gasteiger partial charge < -0.3 is 9.84 Å². The van der Waals surface area contributed by atoms with Crippen molar-refractivity contribution in [2.75, 3.05) is 7.11 Å². The third kappa shape index (κ3) is 9.83. The van der Waals surface area contributed by atoms with Crippen molar-refractivity contribution in [3.63, 3.8) is 0 Å². The summed E-state index contributed by atoms with van der Waals surface area (Å²) in [6.07, 6.45) is 9.29. The van der Waals surface area contributed by atoms with Crippen molar-refractivity contribution in [1.29, 1.82) is 0 Å². The summed E-state index contributed by atoms with van der Waals surface area (Å²) in [7, 11) is 1.61. The van der Waals surface area contributed by atoms with E-state index in [0.29, 0.717) is 17.8 Å². The second-order valence-electron chi connectivity index (χ2n) is 6.18. The molecule has 0 aromatic heterocycles. The van der Waals surface area contributed by atoms with Crippen LogP contribution in [-0.2, 0) is 4.74 Å². The molecule has 1 radical (unpaired) electrons. The van der Waals surface area contributed by atoms with Crippen molar-refractivity contribution >= 4 is 28.6 Å². The van der Waals surface area contributed by atoms with Gasteiger partial charge in [-0.1, -0.05) is 27.2 Å². The fourth-order valence-corrected chi connectivity index (χ4v) is 2.56. The molecule has 1 N–H and O–H groups in total. The summed E-state index contributed by atoms with van der Waals surface area (Å²) in [6, 6.07) is 0. The molecule has 0 aliphatic heterocycles. The molecule has 0 saturated heterocycles. The van der Waals surface area contributed by atoms with Gasteiger partial charge in [-0.25, -0.2) is 0 Å². The van der Waals surface area contributed by atoms with E-state index in [4.69, 9.17) is 4.74 Å². The molecule has 0 aromatic carbocycles. The molecule has 1 aliphatic carbocycles. The van der Waals surface area contributed by atoms with Gasteiger partial charge in [0.2, 0.25) is 0 Å². The molecule has 2 unspecified atom stereocenters. The zero-order valence-corrected chi connectivity index (χ0v) is 19.1. The van der Waals surface area contributed by atoms with E-state index in [1.54, 1.807) is 13.4 Å².